The molecule has 3 N–H and O–H groups in total. The Kier molecular flexibility index (Phi) is 8.57. The number of rotatable bonds is 8. The van der Waals surface area contributed by atoms with Crippen LogP contribution in [0.4, 0.5) is 5.69 Å². The molecule has 1 fully saturated rings. The third-order valence-electron chi connectivity index (χ3n) is 6.85. The summed E-state index contributed by atoms with van der Waals surface area (Å²) < 4.78 is 5.77. The van der Waals surface area contributed by atoms with Crippen LogP contribution in [-0.2, 0) is 16.0 Å². The summed E-state index contributed by atoms with van der Waals surface area (Å²) in [6.07, 6.45) is 5.04. The van der Waals surface area contributed by atoms with Gasteiger partial charge in [-0.15, -0.1) is 11.8 Å². The van der Waals surface area contributed by atoms with Gasteiger partial charge in [0.05, 0.1) is 24.3 Å². The van der Waals surface area contributed by atoms with E-state index >= 15 is 0 Å². The van der Waals surface area contributed by atoms with Gasteiger partial charge in [-0.3, -0.25) is 9.59 Å². The van der Waals surface area contributed by atoms with Crippen LogP contribution in [0.15, 0.2) is 47.4 Å². The Labute approximate surface area is 211 Å². The molecule has 8 heteroatoms. The highest BCUT2D eigenvalue weighted by molar-refractivity contribution is 7.98. The summed E-state index contributed by atoms with van der Waals surface area (Å²) in [5.74, 6) is 0.512. The molecule has 2 aromatic rings. The van der Waals surface area contributed by atoms with Gasteiger partial charge in [-0.1, -0.05) is 31.2 Å². The number of carbonyl (C=O) groups excluding carboxylic acids is 2. The van der Waals surface area contributed by atoms with Gasteiger partial charge in [-0.05, 0) is 61.3 Å². The Morgan fingerprint density at radius 3 is 2.89 bits per heavy atom. The SMILES string of the molecule is CCC1Nc2ccc(CCC(=O)NCC(=O)N3CCC[C@@H]3c3ccccc3SC)cc2OC[C@H]1O. The van der Waals surface area contributed by atoms with Crippen molar-refractivity contribution in [2.24, 2.45) is 0 Å². The molecule has 2 heterocycles. The number of carbonyl (C=O) groups is 2. The van der Waals surface area contributed by atoms with Crippen LogP contribution in [0.5, 0.6) is 5.75 Å². The molecule has 188 valence electrons. The zero-order chi connectivity index (χ0) is 24.8. The number of benzene rings is 2. The van der Waals surface area contributed by atoms with Crippen molar-refractivity contribution < 1.29 is 19.4 Å². The summed E-state index contributed by atoms with van der Waals surface area (Å²) in [5, 5.41) is 16.3. The fourth-order valence-corrected chi connectivity index (χ4v) is 5.53. The Balaban J connectivity index is 1.28. The maximum atomic E-state index is 12.9. The first kappa shape index (κ1) is 25.4. The van der Waals surface area contributed by atoms with Crippen LogP contribution in [0.3, 0.4) is 0 Å². The summed E-state index contributed by atoms with van der Waals surface area (Å²) in [6, 6.07) is 14.1. The van der Waals surface area contributed by atoms with Crippen LogP contribution in [0.2, 0.25) is 0 Å². The fraction of sp³-hybridized carbons (Fsp3) is 0.481. The highest BCUT2D eigenvalue weighted by atomic mass is 32.2. The first-order chi connectivity index (χ1) is 17.0. The van der Waals surface area contributed by atoms with Crippen molar-refractivity contribution >= 4 is 29.3 Å². The molecule has 1 saturated heterocycles. The van der Waals surface area contributed by atoms with E-state index in [1.54, 1.807) is 11.8 Å². The quantitative estimate of drug-likeness (QED) is 0.481. The molecule has 0 saturated carbocycles. The van der Waals surface area contributed by atoms with E-state index in [1.807, 2.05) is 42.2 Å². The minimum atomic E-state index is -0.566. The zero-order valence-electron chi connectivity index (χ0n) is 20.5. The molecule has 2 aliphatic heterocycles. The number of nitrogens with zero attached hydrogens (tertiary/aromatic N) is 1. The highest BCUT2D eigenvalue weighted by Crippen LogP contribution is 2.36. The van der Waals surface area contributed by atoms with Crippen molar-refractivity contribution in [1.82, 2.24) is 10.2 Å². The summed E-state index contributed by atoms with van der Waals surface area (Å²) in [7, 11) is 0. The van der Waals surface area contributed by atoms with E-state index in [9.17, 15) is 14.7 Å². The van der Waals surface area contributed by atoms with Crippen molar-refractivity contribution in [3.05, 3.63) is 53.6 Å². The molecular weight excluding hydrogens is 462 g/mol. The van der Waals surface area contributed by atoms with Gasteiger partial charge in [0, 0.05) is 17.9 Å². The second-order valence-corrected chi connectivity index (χ2v) is 9.98. The van der Waals surface area contributed by atoms with Crippen molar-refractivity contribution in [3.8, 4) is 5.75 Å². The van der Waals surface area contributed by atoms with E-state index in [4.69, 9.17) is 4.74 Å². The van der Waals surface area contributed by atoms with Gasteiger partial charge in [-0.25, -0.2) is 0 Å². The lowest BCUT2D eigenvalue weighted by Crippen LogP contribution is -2.40. The number of amides is 2. The van der Waals surface area contributed by atoms with E-state index in [1.165, 1.54) is 10.5 Å². The molecule has 3 atom stereocenters. The number of hydrogen-bond donors (Lipinski definition) is 3. The van der Waals surface area contributed by atoms with E-state index < -0.39 is 6.10 Å². The first-order valence-electron chi connectivity index (χ1n) is 12.4. The Bertz CT molecular complexity index is 1050. The Morgan fingerprint density at radius 1 is 1.26 bits per heavy atom. The molecule has 7 nitrogen and oxygen atoms in total. The second-order valence-electron chi connectivity index (χ2n) is 9.13. The van der Waals surface area contributed by atoms with Crippen molar-refractivity contribution in [2.45, 2.75) is 62.1 Å². The van der Waals surface area contributed by atoms with Gasteiger partial charge in [0.1, 0.15) is 18.5 Å². The first-order valence-corrected chi connectivity index (χ1v) is 13.6. The minimum Gasteiger partial charge on any atom is -0.489 e. The van der Waals surface area contributed by atoms with Gasteiger partial charge in [0.2, 0.25) is 11.8 Å². The third kappa shape index (κ3) is 6.11. The van der Waals surface area contributed by atoms with Gasteiger partial charge >= 0.3 is 0 Å². The summed E-state index contributed by atoms with van der Waals surface area (Å²) >= 11 is 1.70. The number of hydrogen-bond acceptors (Lipinski definition) is 6. The van der Waals surface area contributed by atoms with Crippen LogP contribution in [-0.4, -0.2) is 59.9 Å². The van der Waals surface area contributed by atoms with E-state index in [0.717, 1.165) is 37.1 Å². The zero-order valence-corrected chi connectivity index (χ0v) is 21.3. The average molecular weight is 498 g/mol. The molecule has 0 aromatic heterocycles. The maximum absolute atomic E-state index is 12.9. The lowest BCUT2D eigenvalue weighted by molar-refractivity contribution is -0.133. The summed E-state index contributed by atoms with van der Waals surface area (Å²) in [4.78, 5) is 28.5. The number of aliphatic hydroxyl groups is 1. The molecule has 0 radical (unpaired) electrons. The van der Waals surface area contributed by atoms with Gasteiger partial charge in [0.25, 0.3) is 0 Å². The number of aryl methyl sites for hydroxylation is 1. The second kappa shape index (κ2) is 11.8. The molecule has 0 bridgehead atoms. The van der Waals surface area contributed by atoms with E-state index in [-0.39, 0.29) is 37.0 Å². The molecule has 1 unspecified atom stereocenters. The minimum absolute atomic E-state index is 0.0181. The summed E-state index contributed by atoms with van der Waals surface area (Å²) in [5.41, 5.74) is 3.02. The number of aliphatic hydroxyl groups excluding tert-OH is 1. The number of nitrogens with one attached hydrogen (secondary N) is 2. The molecule has 35 heavy (non-hydrogen) atoms. The van der Waals surface area contributed by atoms with Crippen LogP contribution < -0.4 is 15.4 Å². The predicted molar refractivity (Wildman–Crippen MR) is 139 cm³/mol. The third-order valence-corrected chi connectivity index (χ3v) is 7.66. The molecule has 2 aromatic carbocycles. The molecule has 4 rings (SSSR count). The lowest BCUT2D eigenvalue weighted by Gasteiger charge is -2.26. The topological polar surface area (TPSA) is 90.9 Å². The van der Waals surface area contributed by atoms with Gasteiger partial charge in [-0.2, -0.15) is 0 Å². The van der Waals surface area contributed by atoms with Crippen molar-refractivity contribution in [2.75, 3.05) is 31.3 Å². The fourth-order valence-electron chi connectivity index (χ4n) is 4.87. The van der Waals surface area contributed by atoms with Crippen molar-refractivity contribution in [3.63, 3.8) is 0 Å². The van der Waals surface area contributed by atoms with E-state index in [2.05, 4.69) is 29.0 Å². The largest absolute Gasteiger partial charge is 0.489 e. The lowest BCUT2D eigenvalue weighted by atomic mass is 10.0. The van der Waals surface area contributed by atoms with Crippen molar-refractivity contribution in [1.29, 1.82) is 0 Å². The smallest absolute Gasteiger partial charge is 0.242 e. The van der Waals surface area contributed by atoms with Crippen LogP contribution in [0.25, 0.3) is 0 Å². The maximum Gasteiger partial charge on any atom is 0.242 e. The van der Waals surface area contributed by atoms with Gasteiger partial charge in [0.15, 0.2) is 0 Å². The number of thioether (sulfide) groups is 1. The predicted octanol–water partition coefficient (Wildman–Crippen LogP) is 3.76. The molecule has 2 amide bonds. The summed E-state index contributed by atoms with van der Waals surface area (Å²) in [6.45, 7) is 3.00. The standard InChI is InChI=1S/C27H35N3O4S/c1-3-20-23(31)17-34-24-15-18(10-12-21(24)29-20)11-13-26(32)28-16-27(33)30-14-6-8-22(30)19-7-4-5-9-25(19)35-2/h4-5,7,9-10,12,15,20,22-23,29,31H,3,6,8,11,13-14,16-17H2,1-2H3,(H,28,32)/t20?,22-,23-/m1/s1. The molecule has 0 aliphatic carbocycles. The van der Waals surface area contributed by atoms with Crippen LogP contribution in [0.1, 0.15) is 49.8 Å². The average Bonchev–Trinajstić information content (AvgIpc) is 3.32. The highest BCUT2D eigenvalue weighted by Gasteiger charge is 2.31. The number of fused-ring (bicyclic) bond motifs is 1. The molecule has 2 aliphatic rings. The van der Waals surface area contributed by atoms with Gasteiger partial charge < -0.3 is 25.4 Å². The Hall–Kier alpha value is -2.71. The Morgan fingerprint density at radius 2 is 2.09 bits per heavy atom. The normalized spacial score (nSPS) is 21.5. The molecular formula is C27H35N3O4S. The number of likely N-dealkylation sites (tertiary alicyclic amines) is 1. The number of anilines is 1. The van der Waals surface area contributed by atoms with Crippen LogP contribution in [0, 0.1) is 0 Å². The molecule has 0 spiro atoms. The monoisotopic (exact) mass is 497 g/mol. The van der Waals surface area contributed by atoms with Crippen LogP contribution >= 0.6 is 11.8 Å². The van der Waals surface area contributed by atoms with E-state index in [0.29, 0.717) is 18.6 Å². The number of ether oxygens (including phenoxy) is 1.